The van der Waals surface area contributed by atoms with Crippen molar-refractivity contribution in [1.82, 2.24) is 10.2 Å². The minimum Gasteiger partial charge on any atom is -0.459 e. The average molecular weight is 377 g/mol. The molecule has 0 radical (unpaired) electrons. The number of likely N-dealkylation sites (tertiary alicyclic amines) is 1. The van der Waals surface area contributed by atoms with E-state index in [9.17, 15) is 4.39 Å². The van der Waals surface area contributed by atoms with Gasteiger partial charge in [-0.15, -0.1) is 0 Å². The van der Waals surface area contributed by atoms with Crippen LogP contribution in [0, 0.1) is 18.7 Å². The van der Waals surface area contributed by atoms with Gasteiger partial charge in [-0.05, 0) is 31.5 Å². The van der Waals surface area contributed by atoms with Gasteiger partial charge in [0.25, 0.3) is 0 Å². The van der Waals surface area contributed by atoms with E-state index in [1.165, 1.54) is 12.1 Å². The largest absolute Gasteiger partial charge is 0.459 e. The van der Waals surface area contributed by atoms with Gasteiger partial charge in [-0.3, -0.25) is 4.99 Å². The molecule has 6 nitrogen and oxygen atoms in total. The number of nitrogens with one attached hydrogen (secondary N) is 1. The highest BCUT2D eigenvalue weighted by Gasteiger charge is 2.25. The highest BCUT2D eigenvalue weighted by Crippen LogP contribution is 2.26. The van der Waals surface area contributed by atoms with Gasteiger partial charge in [0.2, 0.25) is 0 Å². The molecule has 1 unspecified atom stereocenters. The molecule has 0 spiro atoms. The summed E-state index contributed by atoms with van der Waals surface area (Å²) in [5.74, 6) is 1.89. The van der Waals surface area contributed by atoms with Gasteiger partial charge >= 0.3 is 0 Å². The maximum Gasteiger partial charge on any atom is 0.194 e. The van der Waals surface area contributed by atoms with Crippen LogP contribution in [-0.2, 0) is 16.0 Å². The van der Waals surface area contributed by atoms with Crippen LogP contribution in [0.2, 0.25) is 0 Å². The maximum atomic E-state index is 13.5. The zero-order chi connectivity index (χ0) is 19.2. The van der Waals surface area contributed by atoms with Crippen molar-refractivity contribution >= 4 is 16.9 Å². The number of benzene rings is 1. The summed E-state index contributed by atoms with van der Waals surface area (Å²) in [6.07, 6.45) is 1.08. The summed E-state index contributed by atoms with van der Waals surface area (Å²) >= 11 is 0. The van der Waals surface area contributed by atoms with Crippen molar-refractivity contribution in [3.8, 4) is 0 Å². The number of hydrogen-bond acceptors (Lipinski definition) is 4. The lowest BCUT2D eigenvalue weighted by molar-refractivity contribution is 0.0536. The van der Waals surface area contributed by atoms with Gasteiger partial charge in [0.1, 0.15) is 17.2 Å². The van der Waals surface area contributed by atoms with Gasteiger partial charge in [-0.1, -0.05) is 0 Å². The molecule has 2 aromatic rings. The lowest BCUT2D eigenvalue weighted by Gasteiger charge is -2.21. The summed E-state index contributed by atoms with van der Waals surface area (Å²) in [6.45, 7) is 6.32. The quantitative estimate of drug-likeness (QED) is 0.457. The first-order valence-corrected chi connectivity index (χ1v) is 9.32. The van der Waals surface area contributed by atoms with Crippen LogP contribution in [0.3, 0.4) is 0 Å². The summed E-state index contributed by atoms with van der Waals surface area (Å²) in [5, 5.41) is 4.18. The third-order valence-electron chi connectivity index (χ3n) is 4.99. The van der Waals surface area contributed by atoms with E-state index in [1.54, 1.807) is 20.2 Å². The van der Waals surface area contributed by atoms with Gasteiger partial charge in [0.15, 0.2) is 5.96 Å². The molecule has 7 heteroatoms. The van der Waals surface area contributed by atoms with Gasteiger partial charge in [-0.25, -0.2) is 4.39 Å². The van der Waals surface area contributed by atoms with Crippen molar-refractivity contribution < 1.29 is 18.3 Å². The molecule has 0 aliphatic carbocycles. The molecular weight excluding hydrogens is 349 g/mol. The number of furan rings is 1. The van der Waals surface area contributed by atoms with E-state index in [-0.39, 0.29) is 5.82 Å². The highest BCUT2D eigenvalue weighted by atomic mass is 19.1. The molecule has 1 saturated heterocycles. The molecule has 0 amide bonds. The molecule has 2 heterocycles. The van der Waals surface area contributed by atoms with E-state index >= 15 is 0 Å². The molecule has 0 bridgehead atoms. The highest BCUT2D eigenvalue weighted by molar-refractivity contribution is 5.83. The van der Waals surface area contributed by atoms with E-state index in [0.717, 1.165) is 48.8 Å². The van der Waals surface area contributed by atoms with Crippen molar-refractivity contribution in [3.63, 3.8) is 0 Å². The smallest absolute Gasteiger partial charge is 0.194 e. The van der Waals surface area contributed by atoms with Gasteiger partial charge in [-0.2, -0.15) is 0 Å². The summed E-state index contributed by atoms with van der Waals surface area (Å²) in [6, 6.07) is 4.60. The van der Waals surface area contributed by atoms with Crippen molar-refractivity contribution in [2.24, 2.45) is 10.9 Å². The summed E-state index contributed by atoms with van der Waals surface area (Å²) in [7, 11) is 3.46. The number of guanidine groups is 1. The Bertz CT molecular complexity index is 790. The molecule has 1 aromatic heterocycles. The Kier molecular flexibility index (Phi) is 6.68. The summed E-state index contributed by atoms with van der Waals surface area (Å²) in [5.41, 5.74) is 1.66. The van der Waals surface area contributed by atoms with Crippen LogP contribution in [0.1, 0.15) is 17.7 Å². The molecule has 27 heavy (non-hydrogen) atoms. The van der Waals surface area contributed by atoms with E-state index in [0.29, 0.717) is 31.3 Å². The number of hydrogen-bond donors (Lipinski definition) is 1. The van der Waals surface area contributed by atoms with Crippen LogP contribution in [0.5, 0.6) is 0 Å². The van der Waals surface area contributed by atoms with Gasteiger partial charge < -0.3 is 24.1 Å². The number of nitrogens with zero attached hydrogens (tertiary/aromatic N) is 2. The second kappa shape index (κ2) is 9.19. The Morgan fingerprint density at radius 2 is 2.26 bits per heavy atom. The monoisotopic (exact) mass is 377 g/mol. The molecule has 1 atom stereocenters. The number of halogens is 1. The third-order valence-corrected chi connectivity index (χ3v) is 4.99. The molecule has 1 aromatic carbocycles. The minimum atomic E-state index is -0.252. The van der Waals surface area contributed by atoms with Crippen LogP contribution in [0.15, 0.2) is 27.6 Å². The van der Waals surface area contributed by atoms with Crippen molar-refractivity contribution in [3.05, 3.63) is 35.3 Å². The third kappa shape index (κ3) is 4.78. The summed E-state index contributed by atoms with van der Waals surface area (Å²) < 4.78 is 30.0. The van der Waals surface area contributed by atoms with Crippen LogP contribution in [0.25, 0.3) is 11.0 Å². The van der Waals surface area contributed by atoms with Crippen LogP contribution < -0.4 is 5.32 Å². The summed E-state index contributed by atoms with van der Waals surface area (Å²) in [4.78, 5) is 6.63. The fraction of sp³-hybridized carbons (Fsp3) is 0.550. The maximum absolute atomic E-state index is 13.5. The fourth-order valence-electron chi connectivity index (χ4n) is 3.46. The first kappa shape index (κ1) is 19.6. The molecule has 1 aliphatic rings. The zero-order valence-corrected chi connectivity index (χ0v) is 16.3. The zero-order valence-electron chi connectivity index (χ0n) is 16.3. The Labute approximate surface area is 159 Å². The average Bonchev–Trinajstić information content (AvgIpc) is 3.25. The Balaban J connectivity index is 1.55. The van der Waals surface area contributed by atoms with Crippen LogP contribution >= 0.6 is 0 Å². The Morgan fingerprint density at radius 1 is 1.41 bits per heavy atom. The van der Waals surface area contributed by atoms with E-state index < -0.39 is 0 Å². The minimum absolute atomic E-state index is 0.252. The number of aryl methyl sites for hydroxylation is 1. The van der Waals surface area contributed by atoms with E-state index in [2.05, 4.69) is 15.2 Å². The van der Waals surface area contributed by atoms with E-state index in [1.807, 2.05) is 6.92 Å². The predicted molar refractivity (Wildman–Crippen MR) is 103 cm³/mol. The molecule has 1 fully saturated rings. The molecule has 1 aliphatic heterocycles. The van der Waals surface area contributed by atoms with Crippen LogP contribution in [-0.4, -0.2) is 57.9 Å². The lowest BCUT2D eigenvalue weighted by atomic mass is 10.1. The standard InChI is InChI=1S/C20H28FN3O3/c1-14-17-10-16(21)4-5-18(17)27-19(14)11-23-20(22-2)24-7-6-15(12-24)13-26-9-8-25-3/h4-5,10,15H,6-9,11-13H2,1-3H3,(H,22,23). The first-order chi connectivity index (χ1) is 13.1. The molecule has 0 saturated carbocycles. The number of aliphatic imine (C=N–C) groups is 1. The molecule has 148 valence electrons. The Hall–Kier alpha value is -2.12. The van der Waals surface area contributed by atoms with E-state index in [4.69, 9.17) is 13.9 Å². The number of fused-ring (bicyclic) bond motifs is 1. The van der Waals surface area contributed by atoms with Crippen molar-refractivity contribution in [2.45, 2.75) is 19.9 Å². The first-order valence-electron chi connectivity index (χ1n) is 9.32. The van der Waals surface area contributed by atoms with Crippen molar-refractivity contribution in [1.29, 1.82) is 0 Å². The van der Waals surface area contributed by atoms with Gasteiger partial charge in [0, 0.05) is 44.1 Å². The number of rotatable bonds is 7. The normalized spacial score (nSPS) is 17.9. The topological polar surface area (TPSA) is 59.2 Å². The number of ether oxygens (including phenoxy) is 2. The number of methoxy groups -OCH3 is 1. The SMILES string of the molecule is CN=C(NCc1oc2ccc(F)cc2c1C)N1CCC(COCCOC)C1. The second-order valence-electron chi connectivity index (χ2n) is 6.86. The fourth-order valence-corrected chi connectivity index (χ4v) is 3.46. The second-order valence-corrected chi connectivity index (χ2v) is 6.86. The Morgan fingerprint density at radius 3 is 3.04 bits per heavy atom. The molecule has 1 N–H and O–H groups in total. The van der Waals surface area contributed by atoms with Crippen molar-refractivity contribution in [2.75, 3.05) is 47.1 Å². The molecular formula is C20H28FN3O3. The van der Waals surface area contributed by atoms with Crippen LogP contribution in [0.4, 0.5) is 4.39 Å². The van der Waals surface area contributed by atoms with Gasteiger partial charge in [0.05, 0.1) is 26.4 Å². The molecule has 3 rings (SSSR count). The predicted octanol–water partition coefficient (Wildman–Crippen LogP) is 2.94. The lowest BCUT2D eigenvalue weighted by Crippen LogP contribution is -2.39.